The monoisotopic (exact) mass is 558 g/mol. The lowest BCUT2D eigenvalue weighted by Crippen LogP contribution is -2.49. The third-order valence-corrected chi connectivity index (χ3v) is 19.3. The van der Waals surface area contributed by atoms with Crippen LogP contribution in [0.1, 0.15) is 61.8 Å². The average molecular weight is 559 g/mol. The van der Waals surface area contributed by atoms with Crippen molar-refractivity contribution in [3.63, 3.8) is 0 Å². The number of methoxy groups -OCH3 is 1. The highest BCUT2D eigenvalue weighted by Crippen LogP contribution is 2.40. The van der Waals surface area contributed by atoms with Gasteiger partial charge >= 0.3 is 0 Å². The zero-order valence-corrected chi connectivity index (χ0v) is 28.1. The molecule has 1 aromatic rings. The lowest BCUT2D eigenvalue weighted by Gasteiger charge is -2.43. The molecule has 0 unspecified atom stereocenters. The highest BCUT2D eigenvalue weighted by Gasteiger charge is 2.42. The first-order chi connectivity index (χ1) is 16.1. The minimum atomic E-state index is -3.41. The van der Waals surface area contributed by atoms with E-state index in [1.165, 1.54) is 0 Å². The largest absolute Gasteiger partial charge is 0.416 e. The molecule has 0 aromatic heterocycles. The van der Waals surface area contributed by atoms with Gasteiger partial charge in [0.2, 0.25) is 0 Å². The normalized spacial score (nSPS) is 17.5. The molecular formula is C28H54O5SSi2. The molecule has 0 radical (unpaired) electrons. The molecule has 0 aliphatic heterocycles. The molecule has 0 N–H and O–H groups in total. The second-order valence-electron chi connectivity index (χ2n) is 13.5. The molecule has 0 saturated heterocycles. The van der Waals surface area contributed by atoms with Gasteiger partial charge in [-0.15, -0.1) is 0 Å². The summed E-state index contributed by atoms with van der Waals surface area (Å²) in [4.78, 5) is 0.358. The van der Waals surface area contributed by atoms with Crippen LogP contribution in [-0.4, -0.2) is 56.7 Å². The van der Waals surface area contributed by atoms with Crippen molar-refractivity contribution < 1.29 is 22.0 Å². The van der Waals surface area contributed by atoms with Gasteiger partial charge in [-0.2, -0.15) is 0 Å². The Labute approximate surface area is 224 Å². The first kappa shape index (κ1) is 33.5. The third kappa shape index (κ3) is 9.35. The minimum Gasteiger partial charge on any atom is -0.416 e. The maximum absolute atomic E-state index is 13.1. The Morgan fingerprint density at radius 2 is 1.31 bits per heavy atom. The van der Waals surface area contributed by atoms with Crippen LogP contribution in [0.4, 0.5) is 0 Å². The van der Waals surface area contributed by atoms with Crippen molar-refractivity contribution in [3.05, 3.63) is 30.3 Å². The maximum atomic E-state index is 13.1. The second kappa shape index (κ2) is 12.6. The standard InChI is InChI=1S/C28H54O5SSi2/c1-22(20-32-35(10,11)27(3,4)5)26(33-36(12,13)28(6,7)8)19-25(31-9)23(2)21-34(29,30)24-17-15-14-16-18-24/h14-18,22-23,25-26H,19-21H2,1-13H3/t22-,23+,25+,26+/m1/s1. The van der Waals surface area contributed by atoms with Crippen molar-refractivity contribution >= 4 is 26.5 Å². The average Bonchev–Trinajstić information content (AvgIpc) is 2.73. The molecule has 1 aromatic carbocycles. The van der Waals surface area contributed by atoms with E-state index in [0.29, 0.717) is 17.9 Å². The van der Waals surface area contributed by atoms with Crippen molar-refractivity contribution in [1.82, 2.24) is 0 Å². The van der Waals surface area contributed by atoms with Crippen LogP contribution in [0.3, 0.4) is 0 Å². The molecule has 0 saturated carbocycles. The quantitative estimate of drug-likeness (QED) is 0.234. The van der Waals surface area contributed by atoms with E-state index in [1.807, 2.05) is 13.0 Å². The Kier molecular flexibility index (Phi) is 11.7. The van der Waals surface area contributed by atoms with Gasteiger partial charge in [0.05, 0.1) is 22.9 Å². The summed E-state index contributed by atoms with van der Waals surface area (Å²) in [5.74, 6) is 0.0139. The molecule has 4 atom stereocenters. The summed E-state index contributed by atoms with van der Waals surface area (Å²) in [6.45, 7) is 27.4. The van der Waals surface area contributed by atoms with E-state index in [1.54, 1.807) is 31.4 Å². The highest BCUT2D eigenvalue weighted by molar-refractivity contribution is 7.91. The topological polar surface area (TPSA) is 61.8 Å². The number of benzene rings is 1. The van der Waals surface area contributed by atoms with Crippen LogP contribution in [0.5, 0.6) is 0 Å². The summed E-state index contributed by atoms with van der Waals surface area (Å²) in [6.07, 6.45) is 0.312. The fourth-order valence-corrected chi connectivity index (χ4v) is 7.81. The fourth-order valence-electron chi connectivity index (χ4n) is 3.58. The van der Waals surface area contributed by atoms with Crippen LogP contribution in [0.25, 0.3) is 0 Å². The first-order valence-electron chi connectivity index (χ1n) is 13.3. The van der Waals surface area contributed by atoms with Gasteiger partial charge in [0.25, 0.3) is 0 Å². The van der Waals surface area contributed by atoms with Gasteiger partial charge in [-0.3, -0.25) is 0 Å². The van der Waals surface area contributed by atoms with E-state index in [0.717, 1.165) is 0 Å². The van der Waals surface area contributed by atoms with E-state index >= 15 is 0 Å². The molecule has 36 heavy (non-hydrogen) atoms. The van der Waals surface area contributed by atoms with Crippen molar-refractivity contribution in [1.29, 1.82) is 0 Å². The van der Waals surface area contributed by atoms with Gasteiger partial charge in [-0.05, 0) is 60.7 Å². The van der Waals surface area contributed by atoms with Crippen molar-refractivity contribution in [3.8, 4) is 0 Å². The van der Waals surface area contributed by atoms with E-state index in [4.69, 9.17) is 13.6 Å². The van der Waals surface area contributed by atoms with E-state index < -0.39 is 26.5 Å². The molecule has 0 heterocycles. The Balaban J connectivity index is 3.14. The molecule has 5 nitrogen and oxygen atoms in total. The molecule has 8 heteroatoms. The molecule has 0 aliphatic rings. The van der Waals surface area contributed by atoms with Gasteiger partial charge in [-0.25, -0.2) is 8.42 Å². The van der Waals surface area contributed by atoms with Gasteiger partial charge in [0.1, 0.15) is 0 Å². The molecule has 0 bridgehead atoms. The molecule has 0 fully saturated rings. The maximum Gasteiger partial charge on any atom is 0.192 e. The number of rotatable bonds is 13. The Morgan fingerprint density at radius 1 is 0.806 bits per heavy atom. The molecule has 210 valence electrons. The zero-order chi connectivity index (χ0) is 28.2. The van der Waals surface area contributed by atoms with Gasteiger partial charge < -0.3 is 13.6 Å². The van der Waals surface area contributed by atoms with Gasteiger partial charge in [-0.1, -0.05) is 73.6 Å². The van der Waals surface area contributed by atoms with Crippen LogP contribution in [-0.2, 0) is 23.4 Å². The smallest absolute Gasteiger partial charge is 0.192 e. The predicted molar refractivity (Wildman–Crippen MR) is 157 cm³/mol. The first-order valence-corrected chi connectivity index (χ1v) is 20.7. The SMILES string of the molecule is CO[C@@H](C[C@H](O[Si](C)(C)C(C)(C)C)[C@H](C)CO[Si](C)(C)C(C)(C)C)[C@@H](C)CS(=O)(=O)c1ccccc1. The van der Waals surface area contributed by atoms with E-state index in [2.05, 4.69) is 74.7 Å². The third-order valence-electron chi connectivity index (χ3n) is 8.39. The van der Waals surface area contributed by atoms with Crippen LogP contribution in [0, 0.1) is 11.8 Å². The molecule has 0 spiro atoms. The van der Waals surface area contributed by atoms with Crippen LogP contribution in [0.2, 0.25) is 36.3 Å². The summed E-state index contributed by atoms with van der Waals surface area (Å²) >= 11 is 0. The van der Waals surface area contributed by atoms with Crippen LogP contribution in [0.15, 0.2) is 35.2 Å². The molecule has 0 amide bonds. The van der Waals surface area contributed by atoms with E-state index in [-0.39, 0.29) is 39.9 Å². The van der Waals surface area contributed by atoms with Crippen molar-refractivity contribution in [2.75, 3.05) is 19.5 Å². The summed E-state index contributed by atoms with van der Waals surface area (Å²) in [6, 6.07) is 8.68. The Hall–Kier alpha value is -0.516. The molecule has 0 aliphatic carbocycles. The highest BCUT2D eigenvalue weighted by atomic mass is 32.2. The van der Waals surface area contributed by atoms with E-state index in [9.17, 15) is 8.42 Å². The lowest BCUT2D eigenvalue weighted by atomic mass is 9.94. The summed E-state index contributed by atoms with van der Waals surface area (Å²) < 4.78 is 45.6. The molecule has 1 rings (SSSR count). The minimum absolute atomic E-state index is 0.0389. The lowest BCUT2D eigenvalue weighted by molar-refractivity contribution is -0.00142. The zero-order valence-electron chi connectivity index (χ0n) is 25.3. The van der Waals surface area contributed by atoms with Gasteiger partial charge in [0, 0.05) is 19.6 Å². The van der Waals surface area contributed by atoms with Crippen molar-refractivity contribution in [2.45, 2.75) is 115 Å². The number of hydrogen-bond acceptors (Lipinski definition) is 5. The second-order valence-corrected chi connectivity index (χ2v) is 25.1. The number of ether oxygens (including phenoxy) is 1. The predicted octanol–water partition coefficient (Wildman–Crippen LogP) is 7.55. The van der Waals surface area contributed by atoms with Crippen molar-refractivity contribution in [2.24, 2.45) is 11.8 Å². The summed E-state index contributed by atoms with van der Waals surface area (Å²) in [5, 5.41) is 0.202. The number of hydrogen-bond donors (Lipinski definition) is 0. The van der Waals surface area contributed by atoms with Gasteiger partial charge in [0.15, 0.2) is 26.5 Å². The van der Waals surface area contributed by atoms with Crippen LogP contribution < -0.4 is 0 Å². The molecular weight excluding hydrogens is 505 g/mol. The van der Waals surface area contributed by atoms with Crippen LogP contribution >= 0.6 is 0 Å². The summed E-state index contributed by atoms with van der Waals surface area (Å²) in [5.41, 5.74) is 0. The Morgan fingerprint density at radius 3 is 1.75 bits per heavy atom. The fraction of sp³-hybridized carbons (Fsp3) is 0.786. The number of sulfone groups is 1. The Bertz CT molecular complexity index is 902. The summed E-state index contributed by atoms with van der Waals surface area (Å²) in [7, 11) is -5.71.